The number of rotatable bonds is 1. The topological polar surface area (TPSA) is 46.5 Å². The van der Waals surface area contributed by atoms with Crippen molar-refractivity contribution in [2.75, 3.05) is 7.11 Å². The lowest BCUT2D eigenvalue weighted by Gasteiger charge is -2.44. The van der Waals surface area contributed by atoms with E-state index in [9.17, 15) is 9.90 Å². The number of Topliss-reactive ketones (excluding diaryl/α,β-unsaturated/α-hetero) is 1. The second-order valence-corrected chi connectivity index (χ2v) is 7.63. The molecular formula is C19H26O3. The number of aliphatic hydroxyl groups is 1. The molecule has 0 unspecified atom stereocenters. The zero-order chi connectivity index (χ0) is 16.1. The van der Waals surface area contributed by atoms with E-state index < -0.39 is 6.10 Å². The monoisotopic (exact) mass is 302 g/mol. The molecule has 120 valence electrons. The number of hydrogen-bond acceptors (Lipinski definition) is 3. The summed E-state index contributed by atoms with van der Waals surface area (Å²) in [5, 5.41) is 11.0. The van der Waals surface area contributed by atoms with Crippen molar-refractivity contribution in [1.82, 2.24) is 0 Å². The van der Waals surface area contributed by atoms with Crippen molar-refractivity contribution in [3.8, 4) is 5.75 Å². The van der Waals surface area contributed by atoms with Gasteiger partial charge in [0.05, 0.1) is 13.2 Å². The summed E-state index contributed by atoms with van der Waals surface area (Å²) in [5.41, 5.74) is 2.51. The molecule has 1 aromatic rings. The molecule has 2 aliphatic rings. The lowest BCUT2D eigenvalue weighted by Crippen LogP contribution is -2.37. The van der Waals surface area contributed by atoms with E-state index in [-0.39, 0.29) is 23.0 Å². The summed E-state index contributed by atoms with van der Waals surface area (Å²) in [6.45, 7) is 6.43. The highest BCUT2D eigenvalue weighted by Gasteiger charge is 2.46. The molecule has 0 radical (unpaired) electrons. The second-order valence-electron chi connectivity index (χ2n) is 7.63. The second kappa shape index (κ2) is 5.38. The van der Waals surface area contributed by atoms with Gasteiger partial charge in [0.1, 0.15) is 5.75 Å². The largest absolute Gasteiger partial charge is 0.496 e. The predicted octanol–water partition coefficient (Wildman–Crippen LogP) is 4.07. The van der Waals surface area contributed by atoms with Crippen molar-refractivity contribution in [2.24, 2.45) is 17.3 Å². The molecule has 0 amide bonds. The summed E-state index contributed by atoms with van der Waals surface area (Å²) >= 11 is 0. The minimum atomic E-state index is -0.569. The van der Waals surface area contributed by atoms with E-state index >= 15 is 0 Å². The lowest BCUT2D eigenvalue weighted by atomic mass is 9.61. The summed E-state index contributed by atoms with van der Waals surface area (Å²) in [6.07, 6.45) is 3.23. The van der Waals surface area contributed by atoms with E-state index in [1.54, 1.807) is 7.11 Å². The molecule has 2 aliphatic carbocycles. The van der Waals surface area contributed by atoms with Gasteiger partial charge in [0.2, 0.25) is 0 Å². The molecule has 1 aromatic carbocycles. The molecule has 3 heteroatoms. The number of carbonyl (C=O) groups is 1. The third kappa shape index (κ3) is 2.36. The average Bonchev–Trinajstić information content (AvgIpc) is 2.56. The number of fused-ring (bicyclic) bond motifs is 2. The summed E-state index contributed by atoms with van der Waals surface area (Å²) in [7, 11) is 1.63. The van der Waals surface area contributed by atoms with Crippen LogP contribution < -0.4 is 4.74 Å². The smallest absolute Gasteiger partial charge is 0.163 e. The van der Waals surface area contributed by atoms with Crippen LogP contribution in [0.25, 0.3) is 0 Å². The number of carbonyl (C=O) groups excluding carboxylic acids is 1. The molecule has 0 saturated heterocycles. The molecule has 0 aromatic heterocycles. The SMILES string of the molecule is COc1cc2c(cc1C)C(=O)C[C@@H]1[C@H](CCCC1(C)C)[C@H]2O. The van der Waals surface area contributed by atoms with Gasteiger partial charge in [0.25, 0.3) is 0 Å². The van der Waals surface area contributed by atoms with Crippen LogP contribution in [-0.2, 0) is 0 Å². The Morgan fingerprint density at radius 1 is 1.32 bits per heavy atom. The minimum absolute atomic E-state index is 0.112. The van der Waals surface area contributed by atoms with Gasteiger partial charge in [-0.3, -0.25) is 4.79 Å². The van der Waals surface area contributed by atoms with E-state index in [0.717, 1.165) is 36.1 Å². The number of aliphatic hydroxyl groups excluding tert-OH is 1. The van der Waals surface area contributed by atoms with Gasteiger partial charge in [-0.1, -0.05) is 20.3 Å². The Morgan fingerprint density at radius 3 is 2.73 bits per heavy atom. The predicted molar refractivity (Wildman–Crippen MR) is 86.3 cm³/mol. The van der Waals surface area contributed by atoms with Gasteiger partial charge in [-0.05, 0) is 60.3 Å². The van der Waals surface area contributed by atoms with Gasteiger partial charge in [-0.2, -0.15) is 0 Å². The number of hydrogen-bond donors (Lipinski definition) is 1. The number of methoxy groups -OCH3 is 1. The van der Waals surface area contributed by atoms with E-state index in [0.29, 0.717) is 12.0 Å². The van der Waals surface area contributed by atoms with Gasteiger partial charge < -0.3 is 9.84 Å². The highest BCUT2D eigenvalue weighted by molar-refractivity contribution is 5.98. The van der Waals surface area contributed by atoms with E-state index in [2.05, 4.69) is 13.8 Å². The van der Waals surface area contributed by atoms with Crippen LogP contribution in [0.1, 0.15) is 67.1 Å². The zero-order valence-corrected chi connectivity index (χ0v) is 14.0. The van der Waals surface area contributed by atoms with Crippen molar-refractivity contribution in [3.63, 3.8) is 0 Å². The highest BCUT2D eigenvalue weighted by atomic mass is 16.5. The first-order valence-electron chi connectivity index (χ1n) is 8.25. The fourth-order valence-corrected chi connectivity index (χ4v) is 4.52. The average molecular weight is 302 g/mol. The normalized spacial score (nSPS) is 30.2. The molecule has 3 nitrogen and oxygen atoms in total. The Morgan fingerprint density at radius 2 is 2.05 bits per heavy atom. The maximum Gasteiger partial charge on any atom is 0.163 e. The first-order valence-corrected chi connectivity index (χ1v) is 8.25. The molecule has 0 aliphatic heterocycles. The van der Waals surface area contributed by atoms with Crippen LogP contribution in [0.4, 0.5) is 0 Å². The number of aryl methyl sites for hydroxylation is 1. The third-order valence-electron chi connectivity index (χ3n) is 5.88. The van der Waals surface area contributed by atoms with Gasteiger partial charge >= 0.3 is 0 Å². The zero-order valence-electron chi connectivity index (χ0n) is 14.0. The van der Waals surface area contributed by atoms with Crippen molar-refractivity contribution in [1.29, 1.82) is 0 Å². The molecule has 1 saturated carbocycles. The molecule has 22 heavy (non-hydrogen) atoms. The standard InChI is InChI=1S/C19H26O3/c1-11-8-13-14(9-17(11)22-4)18(21)12-6-5-7-19(2,3)15(12)10-16(13)20/h8-9,12,15,18,21H,5-7,10H2,1-4H3/t12-,15+,18+/m0/s1. The Bertz CT molecular complexity index is 603. The molecule has 3 atom stereocenters. The molecule has 3 rings (SSSR count). The van der Waals surface area contributed by atoms with Crippen LogP contribution in [-0.4, -0.2) is 18.0 Å². The van der Waals surface area contributed by atoms with Gasteiger partial charge in [0.15, 0.2) is 5.78 Å². The van der Waals surface area contributed by atoms with Crippen LogP contribution in [0.15, 0.2) is 12.1 Å². The fourth-order valence-electron chi connectivity index (χ4n) is 4.52. The van der Waals surface area contributed by atoms with E-state index in [4.69, 9.17) is 4.74 Å². The maximum atomic E-state index is 12.8. The summed E-state index contributed by atoms with van der Waals surface area (Å²) < 4.78 is 5.39. The molecule has 1 fully saturated rings. The van der Waals surface area contributed by atoms with Crippen LogP contribution in [0, 0.1) is 24.2 Å². The Labute approximate surface area is 132 Å². The number of ether oxygens (including phenoxy) is 1. The van der Waals surface area contributed by atoms with Crippen molar-refractivity contribution in [2.45, 2.75) is 52.6 Å². The van der Waals surface area contributed by atoms with Crippen LogP contribution in [0.2, 0.25) is 0 Å². The van der Waals surface area contributed by atoms with Crippen LogP contribution in [0.5, 0.6) is 5.75 Å². The number of ketones is 1. The third-order valence-corrected chi connectivity index (χ3v) is 5.88. The summed E-state index contributed by atoms with van der Waals surface area (Å²) in [4.78, 5) is 12.8. The summed E-state index contributed by atoms with van der Waals surface area (Å²) in [6, 6.07) is 3.77. The lowest BCUT2D eigenvalue weighted by molar-refractivity contribution is -0.0117. The first-order chi connectivity index (χ1) is 10.3. The minimum Gasteiger partial charge on any atom is -0.496 e. The highest BCUT2D eigenvalue weighted by Crippen LogP contribution is 2.52. The summed E-state index contributed by atoms with van der Waals surface area (Å²) in [5.74, 6) is 1.34. The first kappa shape index (κ1) is 15.5. The van der Waals surface area contributed by atoms with E-state index in [1.807, 2.05) is 19.1 Å². The Kier molecular flexibility index (Phi) is 3.80. The van der Waals surface area contributed by atoms with Crippen molar-refractivity contribution < 1.29 is 14.6 Å². The fraction of sp³-hybridized carbons (Fsp3) is 0.632. The van der Waals surface area contributed by atoms with Gasteiger partial charge in [-0.25, -0.2) is 0 Å². The quantitative estimate of drug-likeness (QED) is 0.850. The van der Waals surface area contributed by atoms with Crippen molar-refractivity contribution in [3.05, 3.63) is 28.8 Å². The molecular weight excluding hydrogens is 276 g/mol. The van der Waals surface area contributed by atoms with E-state index in [1.165, 1.54) is 0 Å². The van der Waals surface area contributed by atoms with Crippen LogP contribution >= 0.6 is 0 Å². The molecule has 1 N–H and O–H groups in total. The Balaban J connectivity index is 2.11. The maximum absolute atomic E-state index is 12.8. The number of benzene rings is 1. The molecule has 0 spiro atoms. The molecule has 0 heterocycles. The van der Waals surface area contributed by atoms with Crippen LogP contribution in [0.3, 0.4) is 0 Å². The molecule has 0 bridgehead atoms. The Hall–Kier alpha value is -1.35. The van der Waals surface area contributed by atoms with Crippen molar-refractivity contribution >= 4 is 5.78 Å². The van der Waals surface area contributed by atoms with Gasteiger partial charge in [0, 0.05) is 12.0 Å². The van der Waals surface area contributed by atoms with Gasteiger partial charge in [-0.15, -0.1) is 0 Å².